The summed E-state index contributed by atoms with van der Waals surface area (Å²) in [5, 5.41) is 10.5. The van der Waals surface area contributed by atoms with Crippen LogP contribution in [0.25, 0.3) is 0 Å². The summed E-state index contributed by atoms with van der Waals surface area (Å²) in [4.78, 5) is 10.6. The molecule has 6 heteroatoms. The summed E-state index contributed by atoms with van der Waals surface area (Å²) in [5.74, 6) is 0. The Kier molecular flexibility index (Phi) is 3.18. The Bertz CT molecular complexity index is 341. The molecule has 0 radical (unpaired) electrons. The molecule has 0 amide bonds. The second-order valence-electron chi connectivity index (χ2n) is 2.36. The van der Waals surface area contributed by atoms with Crippen molar-refractivity contribution in [3.05, 3.63) is 28.3 Å². The Morgan fingerprint density at radius 1 is 1.54 bits per heavy atom. The third-order valence-electron chi connectivity index (χ3n) is 1.48. The Labute approximate surface area is 83.7 Å². The molecule has 0 bridgehead atoms. The second kappa shape index (κ2) is 3.99. The van der Waals surface area contributed by atoms with Crippen molar-refractivity contribution in [2.45, 2.75) is 9.79 Å². The van der Waals surface area contributed by atoms with Crippen LogP contribution >= 0.6 is 12.6 Å². The fourth-order valence-corrected chi connectivity index (χ4v) is 1.59. The third kappa shape index (κ3) is 2.36. The van der Waals surface area contributed by atoms with E-state index < -0.39 is 16.1 Å². The van der Waals surface area contributed by atoms with Crippen LogP contribution in [0.3, 0.4) is 0 Å². The Morgan fingerprint density at radius 2 is 2.15 bits per heavy atom. The highest BCUT2D eigenvalue weighted by Crippen LogP contribution is 2.25. The van der Waals surface area contributed by atoms with Gasteiger partial charge in [0.05, 0.1) is 15.9 Å². The van der Waals surface area contributed by atoms with Gasteiger partial charge in [-0.25, -0.2) is 0 Å². The molecule has 13 heavy (non-hydrogen) atoms. The molecule has 0 saturated carbocycles. The molecule has 1 atom stereocenters. The predicted octanol–water partition coefficient (Wildman–Crippen LogP) is 1.62. The quantitative estimate of drug-likeness (QED) is 0.354. The molecule has 0 N–H and O–H groups in total. The van der Waals surface area contributed by atoms with Crippen molar-refractivity contribution in [3.63, 3.8) is 0 Å². The average Bonchev–Trinajstić information content (AvgIpc) is 2.04. The van der Waals surface area contributed by atoms with Crippen molar-refractivity contribution >= 4 is 29.5 Å². The van der Waals surface area contributed by atoms with E-state index in [0.29, 0.717) is 4.90 Å². The minimum atomic E-state index is -1.20. The largest absolute Gasteiger partial charge is 0.612 e. The van der Waals surface area contributed by atoms with E-state index in [9.17, 15) is 14.7 Å². The summed E-state index contributed by atoms with van der Waals surface area (Å²) in [6.45, 7) is 0. The maximum Gasteiger partial charge on any atom is 0.287 e. The van der Waals surface area contributed by atoms with Crippen molar-refractivity contribution in [3.8, 4) is 0 Å². The number of nitro benzene ring substituents is 1. The first-order valence-corrected chi connectivity index (χ1v) is 5.33. The summed E-state index contributed by atoms with van der Waals surface area (Å²) in [7, 11) is 0. The van der Waals surface area contributed by atoms with Gasteiger partial charge in [-0.05, 0) is 23.3 Å². The molecule has 0 saturated heterocycles. The maximum absolute atomic E-state index is 11.0. The van der Waals surface area contributed by atoms with E-state index >= 15 is 0 Å². The van der Waals surface area contributed by atoms with Crippen LogP contribution in [0, 0.1) is 10.1 Å². The van der Waals surface area contributed by atoms with Gasteiger partial charge < -0.3 is 4.55 Å². The number of hydrogen-bond acceptors (Lipinski definition) is 4. The SMILES string of the molecule is C[S+]([O-])c1ccc(S)c([N+](=O)[O-])c1. The van der Waals surface area contributed by atoms with E-state index in [-0.39, 0.29) is 10.6 Å². The molecule has 0 aliphatic rings. The zero-order valence-electron chi connectivity index (χ0n) is 6.76. The average molecular weight is 217 g/mol. The standard InChI is InChI=1S/C7H7NO3S2/c1-13(11)5-2-3-7(12)6(4-5)8(9)10/h2-4,12H,1H3. The summed E-state index contributed by atoms with van der Waals surface area (Å²) in [6, 6.07) is 4.31. The lowest BCUT2D eigenvalue weighted by atomic mass is 10.3. The smallest absolute Gasteiger partial charge is 0.287 e. The van der Waals surface area contributed by atoms with Crippen LogP contribution in [0.4, 0.5) is 5.69 Å². The highest BCUT2D eigenvalue weighted by atomic mass is 32.2. The number of nitro groups is 1. The normalized spacial score (nSPS) is 12.5. The van der Waals surface area contributed by atoms with Crippen LogP contribution in [0.1, 0.15) is 0 Å². The van der Waals surface area contributed by atoms with Crippen LogP contribution in [0.5, 0.6) is 0 Å². The highest BCUT2D eigenvalue weighted by molar-refractivity contribution is 7.90. The molecular formula is C7H7NO3S2. The van der Waals surface area contributed by atoms with E-state index in [1.807, 2.05) is 0 Å². The molecule has 1 aromatic rings. The van der Waals surface area contributed by atoms with Crippen LogP contribution < -0.4 is 0 Å². The summed E-state index contributed by atoms with van der Waals surface area (Å²) in [6.07, 6.45) is 1.47. The molecular weight excluding hydrogens is 210 g/mol. The van der Waals surface area contributed by atoms with Crippen LogP contribution in [0.2, 0.25) is 0 Å². The molecule has 70 valence electrons. The predicted molar refractivity (Wildman–Crippen MR) is 52.7 cm³/mol. The van der Waals surface area contributed by atoms with Gasteiger partial charge in [0, 0.05) is 0 Å². The van der Waals surface area contributed by atoms with Gasteiger partial charge in [-0.3, -0.25) is 10.1 Å². The van der Waals surface area contributed by atoms with Crippen molar-refractivity contribution in [2.75, 3.05) is 6.26 Å². The Hall–Kier alpha value is -0.720. The zero-order chi connectivity index (χ0) is 10.0. The van der Waals surface area contributed by atoms with E-state index in [0.717, 1.165) is 0 Å². The molecule has 0 aliphatic carbocycles. The van der Waals surface area contributed by atoms with E-state index in [1.54, 1.807) is 6.07 Å². The summed E-state index contributed by atoms with van der Waals surface area (Å²) in [5.41, 5.74) is -0.115. The monoisotopic (exact) mass is 217 g/mol. The molecule has 0 heterocycles. The molecule has 0 spiro atoms. The summed E-state index contributed by atoms with van der Waals surface area (Å²) < 4.78 is 11.0. The number of thiol groups is 1. The molecule has 0 fully saturated rings. The van der Waals surface area contributed by atoms with Crippen molar-refractivity contribution in [1.29, 1.82) is 0 Å². The minimum Gasteiger partial charge on any atom is -0.612 e. The summed E-state index contributed by atoms with van der Waals surface area (Å²) >= 11 is 2.71. The van der Waals surface area contributed by atoms with Gasteiger partial charge in [-0.2, -0.15) is 0 Å². The Balaban J connectivity index is 3.19. The van der Waals surface area contributed by atoms with Gasteiger partial charge >= 0.3 is 0 Å². The van der Waals surface area contributed by atoms with E-state index in [1.165, 1.54) is 18.4 Å². The lowest BCUT2D eigenvalue weighted by Crippen LogP contribution is -1.99. The lowest BCUT2D eigenvalue weighted by Gasteiger charge is -2.03. The third-order valence-corrected chi connectivity index (χ3v) is 2.77. The van der Waals surface area contributed by atoms with Crippen LogP contribution in [-0.4, -0.2) is 15.7 Å². The van der Waals surface area contributed by atoms with E-state index in [2.05, 4.69) is 12.6 Å². The molecule has 1 rings (SSSR count). The Morgan fingerprint density at radius 3 is 2.62 bits per heavy atom. The van der Waals surface area contributed by atoms with Gasteiger partial charge in [-0.15, -0.1) is 12.6 Å². The fourth-order valence-electron chi connectivity index (χ4n) is 0.828. The van der Waals surface area contributed by atoms with Gasteiger partial charge in [0.25, 0.3) is 5.69 Å². The van der Waals surface area contributed by atoms with Crippen molar-refractivity contribution in [1.82, 2.24) is 0 Å². The minimum absolute atomic E-state index is 0.115. The maximum atomic E-state index is 11.0. The molecule has 4 nitrogen and oxygen atoms in total. The molecule has 0 aromatic heterocycles. The topological polar surface area (TPSA) is 66.2 Å². The van der Waals surface area contributed by atoms with Crippen LogP contribution in [0.15, 0.2) is 28.0 Å². The van der Waals surface area contributed by atoms with Gasteiger partial charge in [0.15, 0.2) is 4.90 Å². The zero-order valence-corrected chi connectivity index (χ0v) is 8.47. The molecule has 0 aliphatic heterocycles. The van der Waals surface area contributed by atoms with Gasteiger partial charge in [-0.1, -0.05) is 0 Å². The fraction of sp³-hybridized carbons (Fsp3) is 0.143. The number of hydrogen-bond donors (Lipinski definition) is 1. The molecule has 1 aromatic carbocycles. The highest BCUT2D eigenvalue weighted by Gasteiger charge is 2.15. The molecule has 1 unspecified atom stereocenters. The van der Waals surface area contributed by atoms with Gasteiger partial charge in [0.2, 0.25) is 0 Å². The lowest BCUT2D eigenvalue weighted by molar-refractivity contribution is -0.387. The first-order chi connectivity index (χ1) is 6.02. The van der Waals surface area contributed by atoms with Crippen molar-refractivity contribution in [2.24, 2.45) is 0 Å². The first kappa shape index (κ1) is 10.4. The number of nitrogens with zero attached hydrogens (tertiary/aromatic N) is 1. The second-order valence-corrected chi connectivity index (χ2v) is 4.22. The van der Waals surface area contributed by atoms with Gasteiger partial charge in [0.1, 0.15) is 6.26 Å². The first-order valence-electron chi connectivity index (χ1n) is 3.33. The number of rotatable bonds is 2. The number of benzene rings is 1. The van der Waals surface area contributed by atoms with E-state index in [4.69, 9.17) is 0 Å². The van der Waals surface area contributed by atoms with Crippen LogP contribution in [-0.2, 0) is 11.2 Å². The van der Waals surface area contributed by atoms with Crippen molar-refractivity contribution < 1.29 is 9.48 Å².